The molecule has 1 amide bonds. The molecule has 1 fully saturated rings. The van der Waals surface area contributed by atoms with Crippen LogP contribution in [-0.2, 0) is 4.79 Å². The lowest BCUT2D eigenvalue weighted by atomic mass is 10.1. The van der Waals surface area contributed by atoms with Crippen molar-refractivity contribution in [2.24, 2.45) is 11.0 Å². The Hall–Kier alpha value is -2.14. The third-order valence-electron chi connectivity index (χ3n) is 2.67. The van der Waals surface area contributed by atoms with E-state index in [4.69, 9.17) is 5.53 Å². The third-order valence-corrected chi connectivity index (χ3v) is 2.67. The molecule has 0 radical (unpaired) electrons. The average molecular weight is 232 g/mol. The Kier molecular flexibility index (Phi) is 3.20. The molecule has 0 spiro atoms. The Morgan fingerprint density at radius 1 is 1.59 bits per heavy atom. The Labute approximate surface area is 98.1 Å². The first-order valence-corrected chi connectivity index (χ1v) is 5.32. The van der Waals surface area contributed by atoms with Crippen molar-refractivity contribution in [2.75, 3.05) is 18.0 Å². The Bertz CT molecular complexity index is 464. The van der Waals surface area contributed by atoms with E-state index in [0.717, 1.165) is 5.69 Å². The monoisotopic (exact) mass is 232 g/mol. The second-order valence-electron chi connectivity index (χ2n) is 4.02. The molecule has 17 heavy (non-hydrogen) atoms. The fourth-order valence-corrected chi connectivity index (χ4v) is 1.81. The summed E-state index contributed by atoms with van der Waals surface area (Å²) in [7, 11) is 0. The van der Waals surface area contributed by atoms with Gasteiger partial charge in [-0.3, -0.25) is 9.69 Å². The molecule has 1 aliphatic rings. The number of aromatic nitrogens is 2. The largest absolute Gasteiger partial charge is 0.295 e. The second kappa shape index (κ2) is 4.80. The summed E-state index contributed by atoms with van der Waals surface area (Å²) in [6, 6.07) is 3.59. The van der Waals surface area contributed by atoms with Crippen LogP contribution in [0, 0.1) is 12.8 Å². The summed E-state index contributed by atoms with van der Waals surface area (Å²) in [4.78, 5) is 16.0. The van der Waals surface area contributed by atoms with Gasteiger partial charge in [0.25, 0.3) is 0 Å². The van der Waals surface area contributed by atoms with Gasteiger partial charge in [-0.15, -0.1) is 5.10 Å². The van der Waals surface area contributed by atoms with Crippen molar-refractivity contribution >= 4 is 11.7 Å². The van der Waals surface area contributed by atoms with Crippen LogP contribution in [0.25, 0.3) is 10.4 Å². The molecule has 0 saturated carbocycles. The highest BCUT2D eigenvalue weighted by Gasteiger charge is 2.30. The molecule has 7 heteroatoms. The Morgan fingerprint density at radius 3 is 3.06 bits per heavy atom. The van der Waals surface area contributed by atoms with Crippen molar-refractivity contribution in [3.63, 3.8) is 0 Å². The van der Waals surface area contributed by atoms with Crippen LogP contribution < -0.4 is 4.90 Å². The number of azide groups is 1. The number of carbonyl (C=O) groups is 1. The molecular weight excluding hydrogens is 220 g/mol. The van der Waals surface area contributed by atoms with E-state index in [9.17, 15) is 4.79 Å². The molecule has 2 heterocycles. The van der Waals surface area contributed by atoms with Crippen molar-refractivity contribution in [3.8, 4) is 0 Å². The number of hydrogen-bond acceptors (Lipinski definition) is 4. The van der Waals surface area contributed by atoms with E-state index >= 15 is 0 Å². The van der Waals surface area contributed by atoms with Crippen LogP contribution in [0.5, 0.6) is 0 Å². The maximum Gasteiger partial charge on any atom is 0.228 e. The molecule has 0 N–H and O–H groups in total. The molecule has 1 aromatic rings. The van der Waals surface area contributed by atoms with E-state index in [2.05, 4.69) is 20.2 Å². The number of carbonyl (C=O) groups excluding carboxylic acids is 1. The highest BCUT2D eigenvalue weighted by atomic mass is 16.2. The van der Waals surface area contributed by atoms with Gasteiger partial charge in [0.15, 0.2) is 5.82 Å². The maximum absolute atomic E-state index is 11.8. The highest BCUT2D eigenvalue weighted by molar-refractivity contribution is 5.94. The molecule has 7 nitrogen and oxygen atoms in total. The topological polar surface area (TPSA) is 94.8 Å². The van der Waals surface area contributed by atoms with Crippen molar-refractivity contribution < 1.29 is 4.79 Å². The van der Waals surface area contributed by atoms with Crippen molar-refractivity contribution in [1.29, 1.82) is 0 Å². The average Bonchev–Trinajstić information content (AvgIpc) is 2.69. The fraction of sp³-hybridized carbons (Fsp3) is 0.500. The lowest BCUT2D eigenvalue weighted by molar-refractivity contribution is -0.117. The van der Waals surface area contributed by atoms with Crippen LogP contribution in [0.3, 0.4) is 0 Å². The van der Waals surface area contributed by atoms with Crippen LogP contribution in [0.2, 0.25) is 0 Å². The van der Waals surface area contributed by atoms with E-state index in [-0.39, 0.29) is 11.8 Å². The SMILES string of the molecule is Cc1ccc(N2CC(CN=[N+]=[N-])CC2=O)nn1. The summed E-state index contributed by atoms with van der Waals surface area (Å²) in [5.41, 5.74) is 9.05. The highest BCUT2D eigenvalue weighted by Crippen LogP contribution is 2.23. The van der Waals surface area contributed by atoms with E-state index in [0.29, 0.717) is 25.3 Å². The van der Waals surface area contributed by atoms with Gasteiger partial charge in [0, 0.05) is 24.4 Å². The lowest BCUT2D eigenvalue weighted by Crippen LogP contribution is -2.26. The van der Waals surface area contributed by atoms with Crippen LogP contribution in [-0.4, -0.2) is 29.2 Å². The van der Waals surface area contributed by atoms with E-state index in [1.165, 1.54) is 0 Å². The zero-order valence-corrected chi connectivity index (χ0v) is 9.44. The molecule has 1 unspecified atom stereocenters. The fourth-order valence-electron chi connectivity index (χ4n) is 1.81. The van der Waals surface area contributed by atoms with Crippen LogP contribution >= 0.6 is 0 Å². The number of hydrogen-bond donors (Lipinski definition) is 0. The van der Waals surface area contributed by atoms with Gasteiger partial charge in [-0.05, 0) is 30.5 Å². The molecule has 1 aliphatic heterocycles. The van der Waals surface area contributed by atoms with Gasteiger partial charge < -0.3 is 0 Å². The predicted molar refractivity (Wildman–Crippen MR) is 61.2 cm³/mol. The van der Waals surface area contributed by atoms with Gasteiger partial charge in [-0.2, -0.15) is 5.10 Å². The van der Waals surface area contributed by atoms with Gasteiger partial charge in [0.05, 0.1) is 5.69 Å². The molecule has 1 aromatic heterocycles. The van der Waals surface area contributed by atoms with Crippen molar-refractivity contribution in [1.82, 2.24) is 10.2 Å². The normalized spacial score (nSPS) is 19.2. The molecule has 88 valence electrons. The van der Waals surface area contributed by atoms with E-state index in [1.807, 2.05) is 13.0 Å². The van der Waals surface area contributed by atoms with Gasteiger partial charge >= 0.3 is 0 Å². The lowest BCUT2D eigenvalue weighted by Gasteiger charge is -2.14. The predicted octanol–water partition coefficient (Wildman–Crippen LogP) is 1.45. The number of aryl methyl sites for hydroxylation is 1. The Balaban J connectivity index is 2.10. The molecule has 1 saturated heterocycles. The minimum atomic E-state index is 0.00120. The van der Waals surface area contributed by atoms with Gasteiger partial charge in [-0.1, -0.05) is 5.11 Å². The third kappa shape index (κ3) is 2.51. The number of anilines is 1. The second-order valence-corrected chi connectivity index (χ2v) is 4.02. The van der Waals surface area contributed by atoms with Crippen molar-refractivity contribution in [3.05, 3.63) is 28.3 Å². The summed E-state index contributed by atoms with van der Waals surface area (Å²) in [6.45, 7) is 2.72. The van der Waals surface area contributed by atoms with Crippen LogP contribution in [0.15, 0.2) is 17.2 Å². The molecule has 2 rings (SSSR count). The van der Waals surface area contributed by atoms with Gasteiger partial charge in [-0.25, -0.2) is 0 Å². The summed E-state index contributed by atoms with van der Waals surface area (Å²) >= 11 is 0. The molecular formula is C10H12N6O. The summed E-state index contributed by atoms with van der Waals surface area (Å²) < 4.78 is 0. The van der Waals surface area contributed by atoms with Gasteiger partial charge in [0.1, 0.15) is 0 Å². The van der Waals surface area contributed by atoms with Crippen LogP contribution in [0.1, 0.15) is 12.1 Å². The smallest absolute Gasteiger partial charge is 0.228 e. The van der Waals surface area contributed by atoms with Crippen molar-refractivity contribution in [2.45, 2.75) is 13.3 Å². The first-order valence-electron chi connectivity index (χ1n) is 5.32. The maximum atomic E-state index is 11.8. The summed E-state index contributed by atoms with van der Waals surface area (Å²) in [5.74, 6) is 0.631. The first kappa shape index (κ1) is 11.3. The summed E-state index contributed by atoms with van der Waals surface area (Å²) in [5, 5.41) is 11.4. The zero-order chi connectivity index (χ0) is 12.3. The standard InChI is InChI=1S/C10H12N6O/c1-7-2-3-9(14-13-7)16-6-8(4-10(16)17)5-12-15-11/h2-3,8H,4-6H2,1H3. The number of nitrogens with zero attached hydrogens (tertiary/aromatic N) is 6. The number of rotatable bonds is 3. The zero-order valence-electron chi connectivity index (χ0n) is 9.44. The van der Waals surface area contributed by atoms with Gasteiger partial charge in [0.2, 0.25) is 5.91 Å². The minimum absolute atomic E-state index is 0.00120. The molecule has 0 aromatic carbocycles. The van der Waals surface area contributed by atoms with E-state index in [1.54, 1.807) is 11.0 Å². The van der Waals surface area contributed by atoms with E-state index < -0.39 is 0 Å². The van der Waals surface area contributed by atoms with Crippen LogP contribution in [0.4, 0.5) is 5.82 Å². The molecule has 0 bridgehead atoms. The Morgan fingerprint density at radius 2 is 2.41 bits per heavy atom. The minimum Gasteiger partial charge on any atom is -0.295 e. The number of amides is 1. The molecule has 1 atom stereocenters. The first-order chi connectivity index (χ1) is 8.20. The quantitative estimate of drug-likeness (QED) is 0.448. The molecule has 0 aliphatic carbocycles. The summed E-state index contributed by atoms with van der Waals surface area (Å²) in [6.07, 6.45) is 0.397.